The maximum absolute atomic E-state index is 12.9. The molecule has 0 aromatic heterocycles. The molecule has 1 saturated heterocycles. The quantitative estimate of drug-likeness (QED) is 0.751. The third kappa shape index (κ3) is 4.97. The minimum atomic E-state index is -3.51. The number of carbonyl (C=O) groups is 1. The first-order valence-corrected chi connectivity index (χ1v) is 11.4. The van der Waals surface area contributed by atoms with Crippen molar-refractivity contribution in [3.05, 3.63) is 53.1 Å². The Bertz CT molecular complexity index is 996. The van der Waals surface area contributed by atoms with Crippen LogP contribution in [0.15, 0.2) is 41.3 Å². The van der Waals surface area contributed by atoms with E-state index in [1.54, 1.807) is 22.5 Å². The van der Waals surface area contributed by atoms with E-state index in [0.717, 1.165) is 41.6 Å². The molecule has 2 N–H and O–H groups in total. The predicted octanol–water partition coefficient (Wildman–Crippen LogP) is 3.84. The second-order valence-electron chi connectivity index (χ2n) is 7.59. The number of nitrogens with one attached hydrogen (secondary N) is 2. The average Bonchev–Trinajstić information content (AvgIpc) is 2.71. The van der Waals surface area contributed by atoms with Crippen LogP contribution in [0.5, 0.6) is 0 Å². The Morgan fingerprint density at radius 2 is 1.69 bits per heavy atom. The van der Waals surface area contributed by atoms with Gasteiger partial charge in [-0.2, -0.15) is 4.31 Å². The topological polar surface area (TPSA) is 78.5 Å². The molecular weight excluding hydrogens is 386 g/mol. The Hall–Kier alpha value is -2.38. The summed E-state index contributed by atoms with van der Waals surface area (Å²) >= 11 is 0. The second-order valence-corrected chi connectivity index (χ2v) is 9.53. The number of nitrogens with zero attached hydrogens (tertiary/aromatic N) is 1. The van der Waals surface area contributed by atoms with Crippen LogP contribution in [0.2, 0.25) is 0 Å². The Morgan fingerprint density at radius 3 is 2.41 bits per heavy atom. The molecule has 7 heteroatoms. The van der Waals surface area contributed by atoms with Gasteiger partial charge in [-0.15, -0.1) is 0 Å². The lowest BCUT2D eigenvalue weighted by Gasteiger charge is -2.26. The second kappa shape index (κ2) is 8.97. The van der Waals surface area contributed by atoms with Gasteiger partial charge in [-0.1, -0.05) is 24.6 Å². The molecular formula is C22H29N3O3S. The number of rotatable bonds is 6. The summed E-state index contributed by atoms with van der Waals surface area (Å²) in [5, 5.41) is 6.00. The molecule has 1 aliphatic heterocycles. The third-order valence-corrected chi connectivity index (χ3v) is 7.37. The zero-order valence-corrected chi connectivity index (χ0v) is 18.1. The van der Waals surface area contributed by atoms with Gasteiger partial charge in [0.1, 0.15) is 0 Å². The Balaban J connectivity index is 1.70. The molecule has 1 amide bonds. The number of benzene rings is 2. The van der Waals surface area contributed by atoms with Crippen molar-refractivity contribution in [2.75, 3.05) is 30.3 Å². The molecule has 0 unspecified atom stereocenters. The highest BCUT2D eigenvalue weighted by Crippen LogP contribution is 2.25. The molecule has 1 fully saturated rings. The van der Waals surface area contributed by atoms with E-state index in [1.165, 1.54) is 0 Å². The summed E-state index contributed by atoms with van der Waals surface area (Å²) in [7, 11) is -3.51. The number of aryl methyl sites for hydroxylation is 2. The van der Waals surface area contributed by atoms with Gasteiger partial charge >= 0.3 is 0 Å². The summed E-state index contributed by atoms with van der Waals surface area (Å²) in [5.41, 5.74) is 4.48. The van der Waals surface area contributed by atoms with Crippen LogP contribution in [0, 0.1) is 20.8 Å². The van der Waals surface area contributed by atoms with Crippen LogP contribution in [0.25, 0.3) is 0 Å². The highest BCUT2D eigenvalue weighted by atomic mass is 32.2. The van der Waals surface area contributed by atoms with E-state index >= 15 is 0 Å². The summed E-state index contributed by atoms with van der Waals surface area (Å²) in [5.74, 6) is -0.178. The SMILES string of the molecule is Cc1ccc(S(=O)(=O)N2CCCCC2)cc1NCC(=O)Nc1cccc(C)c1C. The molecule has 0 saturated carbocycles. The molecule has 29 heavy (non-hydrogen) atoms. The number of carbonyl (C=O) groups excluding carboxylic acids is 1. The van der Waals surface area contributed by atoms with E-state index < -0.39 is 10.0 Å². The fourth-order valence-corrected chi connectivity index (χ4v) is 5.01. The van der Waals surface area contributed by atoms with Gasteiger partial charge in [0.2, 0.25) is 15.9 Å². The largest absolute Gasteiger partial charge is 0.376 e. The van der Waals surface area contributed by atoms with Crippen molar-refractivity contribution in [2.24, 2.45) is 0 Å². The van der Waals surface area contributed by atoms with E-state index in [4.69, 9.17) is 0 Å². The molecule has 1 aliphatic rings. The molecule has 0 aliphatic carbocycles. The number of hydrogen-bond donors (Lipinski definition) is 2. The molecule has 0 atom stereocenters. The first kappa shape index (κ1) is 21.3. The van der Waals surface area contributed by atoms with Crippen molar-refractivity contribution in [1.29, 1.82) is 0 Å². The molecule has 2 aromatic carbocycles. The minimum Gasteiger partial charge on any atom is -0.376 e. The highest BCUT2D eigenvalue weighted by Gasteiger charge is 2.26. The Kier molecular flexibility index (Phi) is 6.59. The highest BCUT2D eigenvalue weighted by molar-refractivity contribution is 7.89. The van der Waals surface area contributed by atoms with Gasteiger partial charge in [0.15, 0.2) is 0 Å². The first-order chi connectivity index (χ1) is 13.8. The molecule has 0 radical (unpaired) electrons. The minimum absolute atomic E-state index is 0.0570. The lowest BCUT2D eigenvalue weighted by atomic mass is 10.1. The zero-order valence-electron chi connectivity index (χ0n) is 17.3. The van der Waals surface area contributed by atoms with Crippen LogP contribution < -0.4 is 10.6 Å². The third-order valence-electron chi connectivity index (χ3n) is 5.48. The molecule has 0 bridgehead atoms. The van der Waals surface area contributed by atoms with E-state index in [2.05, 4.69) is 10.6 Å². The smallest absolute Gasteiger partial charge is 0.243 e. The number of piperidine rings is 1. The molecule has 3 rings (SSSR count). The van der Waals surface area contributed by atoms with Gasteiger partial charge in [-0.05, 0) is 68.5 Å². The van der Waals surface area contributed by atoms with Crippen molar-refractivity contribution in [3.63, 3.8) is 0 Å². The van der Waals surface area contributed by atoms with E-state index in [1.807, 2.05) is 39.0 Å². The fraction of sp³-hybridized carbons (Fsp3) is 0.409. The number of amides is 1. The molecule has 156 valence electrons. The summed E-state index contributed by atoms with van der Waals surface area (Å²) in [6.45, 7) is 7.05. The summed E-state index contributed by atoms with van der Waals surface area (Å²) in [6.07, 6.45) is 2.87. The van der Waals surface area contributed by atoms with Gasteiger partial charge in [-0.25, -0.2) is 8.42 Å². The van der Waals surface area contributed by atoms with E-state index in [-0.39, 0.29) is 17.3 Å². The number of hydrogen-bond acceptors (Lipinski definition) is 4. The van der Waals surface area contributed by atoms with Crippen molar-refractivity contribution in [3.8, 4) is 0 Å². The summed E-state index contributed by atoms with van der Waals surface area (Å²) in [4.78, 5) is 12.7. The van der Waals surface area contributed by atoms with Gasteiger partial charge in [0.05, 0.1) is 11.4 Å². The monoisotopic (exact) mass is 415 g/mol. The van der Waals surface area contributed by atoms with Crippen LogP contribution in [-0.2, 0) is 14.8 Å². The zero-order chi connectivity index (χ0) is 21.0. The van der Waals surface area contributed by atoms with Crippen LogP contribution in [0.1, 0.15) is 36.0 Å². The Morgan fingerprint density at radius 1 is 0.966 bits per heavy atom. The summed E-state index contributed by atoms with van der Waals surface area (Å²) < 4.78 is 27.4. The lowest BCUT2D eigenvalue weighted by Crippen LogP contribution is -2.35. The standard InChI is InChI=1S/C22H29N3O3S/c1-16-8-7-9-20(18(16)3)24-22(26)15-23-21-14-19(11-10-17(21)2)29(27,28)25-12-5-4-6-13-25/h7-11,14,23H,4-6,12-13,15H2,1-3H3,(H,24,26). The summed E-state index contributed by atoms with van der Waals surface area (Å²) in [6, 6.07) is 10.8. The van der Waals surface area contributed by atoms with Crippen molar-refractivity contribution < 1.29 is 13.2 Å². The molecule has 6 nitrogen and oxygen atoms in total. The number of sulfonamides is 1. The van der Waals surface area contributed by atoms with Crippen LogP contribution in [0.3, 0.4) is 0 Å². The maximum Gasteiger partial charge on any atom is 0.243 e. The molecule has 1 heterocycles. The molecule has 2 aromatic rings. The van der Waals surface area contributed by atoms with E-state index in [9.17, 15) is 13.2 Å². The predicted molar refractivity (Wildman–Crippen MR) is 117 cm³/mol. The van der Waals surface area contributed by atoms with Crippen LogP contribution in [0.4, 0.5) is 11.4 Å². The van der Waals surface area contributed by atoms with Crippen molar-refractivity contribution in [2.45, 2.75) is 44.9 Å². The van der Waals surface area contributed by atoms with Crippen LogP contribution in [-0.4, -0.2) is 38.3 Å². The maximum atomic E-state index is 12.9. The van der Waals surface area contributed by atoms with Crippen LogP contribution >= 0.6 is 0 Å². The van der Waals surface area contributed by atoms with E-state index in [0.29, 0.717) is 18.8 Å². The van der Waals surface area contributed by atoms with Gasteiger partial charge in [0.25, 0.3) is 0 Å². The molecule has 0 spiro atoms. The average molecular weight is 416 g/mol. The first-order valence-electron chi connectivity index (χ1n) is 10.00. The number of anilines is 2. The van der Waals surface area contributed by atoms with Gasteiger partial charge < -0.3 is 10.6 Å². The van der Waals surface area contributed by atoms with Crippen molar-refractivity contribution >= 4 is 27.3 Å². The normalized spacial score (nSPS) is 15.1. The fourth-order valence-electron chi connectivity index (χ4n) is 3.46. The van der Waals surface area contributed by atoms with Gasteiger partial charge in [0, 0.05) is 24.5 Å². The Labute approximate surface area is 173 Å². The van der Waals surface area contributed by atoms with Crippen molar-refractivity contribution in [1.82, 2.24) is 4.31 Å². The lowest BCUT2D eigenvalue weighted by molar-refractivity contribution is -0.114. The van der Waals surface area contributed by atoms with Gasteiger partial charge in [-0.3, -0.25) is 4.79 Å².